The second-order valence-electron chi connectivity index (χ2n) is 5.13. The van der Waals surface area contributed by atoms with E-state index in [4.69, 9.17) is 12.2 Å². The van der Waals surface area contributed by atoms with E-state index in [1.807, 2.05) is 0 Å². The van der Waals surface area contributed by atoms with E-state index in [0.29, 0.717) is 22.3 Å². The van der Waals surface area contributed by atoms with Gasteiger partial charge in [0.15, 0.2) is 5.11 Å². The molecule has 1 amide bonds. The minimum Gasteiger partial charge on any atom is -0.332 e. The highest BCUT2D eigenvalue weighted by molar-refractivity contribution is 7.80. The maximum Gasteiger partial charge on any atom is 0.269 e. The largest absolute Gasteiger partial charge is 0.332 e. The fourth-order valence-corrected chi connectivity index (χ4v) is 2.87. The van der Waals surface area contributed by atoms with Gasteiger partial charge in [0.05, 0.1) is 16.7 Å². The lowest BCUT2D eigenvalue weighted by Gasteiger charge is -2.11. The molecule has 0 bridgehead atoms. The molecule has 1 heterocycles. The number of nitro benzene ring substituents is 1. The number of hydrogen-bond acceptors (Lipinski definition) is 7. The summed E-state index contributed by atoms with van der Waals surface area (Å²) < 4.78 is 8.17. The number of nitrogens with zero attached hydrogens (tertiary/aromatic N) is 3. The molecule has 0 aliphatic heterocycles. The number of carbonyl (C=O) groups is 1. The van der Waals surface area contributed by atoms with Crippen molar-refractivity contribution >= 4 is 57.4 Å². The number of fused-ring (bicyclic) bond motifs is 1. The van der Waals surface area contributed by atoms with Gasteiger partial charge in [-0.25, -0.2) is 0 Å². The zero-order chi connectivity index (χ0) is 18.0. The van der Waals surface area contributed by atoms with Crippen LogP contribution in [0.3, 0.4) is 0 Å². The topological polar surface area (TPSA) is 110 Å². The zero-order valence-corrected chi connectivity index (χ0v) is 14.5. The van der Waals surface area contributed by atoms with Gasteiger partial charge in [-0.1, -0.05) is 0 Å². The SMILES string of the molecule is Cc1cc([N+](=O)[O-])ccc1NC(=S)NC(=O)c1ccc2nsnc2c1. The fraction of sp³-hybridized carbons (Fsp3) is 0.0667. The molecule has 0 aliphatic rings. The van der Waals surface area contributed by atoms with Gasteiger partial charge in [-0.3, -0.25) is 20.2 Å². The van der Waals surface area contributed by atoms with Gasteiger partial charge in [0.1, 0.15) is 11.0 Å². The van der Waals surface area contributed by atoms with Crippen molar-refractivity contribution in [3.05, 3.63) is 57.6 Å². The van der Waals surface area contributed by atoms with Crippen molar-refractivity contribution in [2.24, 2.45) is 0 Å². The average molecular weight is 373 g/mol. The maximum absolute atomic E-state index is 12.3. The number of thiocarbonyl (C=S) groups is 1. The third-order valence-corrected chi connectivity index (χ3v) is 4.17. The Hall–Kier alpha value is -2.98. The minimum absolute atomic E-state index is 0.0109. The minimum atomic E-state index is -0.472. The Balaban J connectivity index is 1.69. The number of anilines is 1. The summed E-state index contributed by atoms with van der Waals surface area (Å²) in [4.78, 5) is 22.6. The Morgan fingerprint density at radius 3 is 2.68 bits per heavy atom. The summed E-state index contributed by atoms with van der Waals surface area (Å²) in [6, 6.07) is 9.31. The number of nitrogens with one attached hydrogen (secondary N) is 2. The van der Waals surface area contributed by atoms with E-state index in [-0.39, 0.29) is 16.7 Å². The first-order chi connectivity index (χ1) is 11.9. The summed E-state index contributed by atoms with van der Waals surface area (Å²) >= 11 is 6.21. The molecule has 2 N–H and O–H groups in total. The quantitative estimate of drug-likeness (QED) is 0.412. The predicted molar refractivity (Wildman–Crippen MR) is 98.9 cm³/mol. The highest BCUT2D eigenvalue weighted by Gasteiger charge is 2.12. The van der Waals surface area contributed by atoms with Gasteiger partial charge in [0.2, 0.25) is 0 Å². The van der Waals surface area contributed by atoms with E-state index in [2.05, 4.69) is 19.4 Å². The lowest BCUT2D eigenvalue weighted by atomic mass is 10.2. The van der Waals surface area contributed by atoms with Crippen molar-refractivity contribution in [1.29, 1.82) is 0 Å². The first kappa shape index (κ1) is 16.9. The van der Waals surface area contributed by atoms with Crippen LogP contribution in [0.25, 0.3) is 11.0 Å². The Kier molecular flexibility index (Phi) is 4.63. The number of non-ortho nitro benzene ring substituents is 1. The number of nitro groups is 1. The van der Waals surface area contributed by atoms with Crippen LogP contribution in [0.4, 0.5) is 11.4 Å². The number of aromatic nitrogens is 2. The van der Waals surface area contributed by atoms with Crippen LogP contribution in [-0.4, -0.2) is 24.7 Å². The Labute approximate surface area is 151 Å². The molecule has 0 saturated carbocycles. The number of amides is 1. The molecule has 0 radical (unpaired) electrons. The van der Waals surface area contributed by atoms with Crippen molar-refractivity contribution in [3.8, 4) is 0 Å². The van der Waals surface area contributed by atoms with E-state index in [0.717, 1.165) is 17.2 Å². The Morgan fingerprint density at radius 1 is 1.20 bits per heavy atom. The van der Waals surface area contributed by atoms with Crippen LogP contribution in [0.5, 0.6) is 0 Å². The first-order valence-corrected chi connectivity index (χ1v) is 8.17. The third-order valence-electron chi connectivity index (χ3n) is 3.41. The van der Waals surface area contributed by atoms with Crippen molar-refractivity contribution in [2.75, 3.05) is 5.32 Å². The summed E-state index contributed by atoms with van der Waals surface area (Å²) in [5.41, 5.74) is 2.98. The second kappa shape index (κ2) is 6.87. The van der Waals surface area contributed by atoms with E-state index >= 15 is 0 Å². The Bertz CT molecular complexity index is 1000. The van der Waals surface area contributed by atoms with Crippen LogP contribution in [-0.2, 0) is 0 Å². The van der Waals surface area contributed by atoms with E-state index in [9.17, 15) is 14.9 Å². The molecule has 8 nitrogen and oxygen atoms in total. The molecule has 0 aliphatic carbocycles. The number of rotatable bonds is 3. The summed E-state index contributed by atoms with van der Waals surface area (Å²) in [6.07, 6.45) is 0. The summed E-state index contributed by atoms with van der Waals surface area (Å²) in [7, 11) is 0. The van der Waals surface area contributed by atoms with Crippen LogP contribution in [0.15, 0.2) is 36.4 Å². The van der Waals surface area contributed by atoms with Gasteiger partial charge >= 0.3 is 0 Å². The fourth-order valence-electron chi connectivity index (χ4n) is 2.15. The van der Waals surface area contributed by atoms with Gasteiger partial charge in [-0.15, -0.1) is 0 Å². The molecule has 0 fully saturated rings. The molecule has 126 valence electrons. The number of hydrogen-bond donors (Lipinski definition) is 2. The maximum atomic E-state index is 12.3. The highest BCUT2D eigenvalue weighted by atomic mass is 32.1. The molecular weight excluding hydrogens is 362 g/mol. The number of carbonyl (C=O) groups excluding carboxylic acids is 1. The van der Waals surface area contributed by atoms with E-state index in [1.165, 1.54) is 12.1 Å². The van der Waals surface area contributed by atoms with Crippen molar-refractivity contribution in [3.63, 3.8) is 0 Å². The van der Waals surface area contributed by atoms with Crippen LogP contribution in [0.1, 0.15) is 15.9 Å². The molecule has 25 heavy (non-hydrogen) atoms. The summed E-state index contributed by atoms with van der Waals surface area (Å²) in [6.45, 7) is 1.71. The van der Waals surface area contributed by atoms with Crippen molar-refractivity contribution < 1.29 is 9.72 Å². The summed E-state index contributed by atoms with van der Waals surface area (Å²) in [5, 5.41) is 16.3. The average Bonchev–Trinajstić information content (AvgIpc) is 3.04. The zero-order valence-electron chi connectivity index (χ0n) is 12.8. The Morgan fingerprint density at radius 2 is 1.96 bits per heavy atom. The molecule has 3 rings (SSSR count). The van der Waals surface area contributed by atoms with Crippen LogP contribution in [0, 0.1) is 17.0 Å². The van der Waals surface area contributed by atoms with Crippen LogP contribution < -0.4 is 10.6 Å². The molecule has 10 heteroatoms. The van der Waals surface area contributed by atoms with Gasteiger partial charge in [0.25, 0.3) is 11.6 Å². The predicted octanol–water partition coefficient (Wildman–Crippen LogP) is 3.03. The van der Waals surface area contributed by atoms with Crippen LogP contribution in [0.2, 0.25) is 0 Å². The lowest BCUT2D eigenvalue weighted by Crippen LogP contribution is -2.34. The normalized spacial score (nSPS) is 10.4. The molecule has 0 saturated heterocycles. The second-order valence-corrected chi connectivity index (χ2v) is 6.07. The molecule has 0 atom stereocenters. The highest BCUT2D eigenvalue weighted by Crippen LogP contribution is 2.21. The monoisotopic (exact) mass is 373 g/mol. The lowest BCUT2D eigenvalue weighted by molar-refractivity contribution is -0.384. The van der Waals surface area contributed by atoms with Crippen molar-refractivity contribution in [1.82, 2.24) is 14.1 Å². The molecule has 3 aromatic rings. The number of aryl methyl sites for hydroxylation is 1. The standard InChI is InChI=1S/C15H11N5O3S2/c1-8-6-10(20(22)23)3-5-11(8)16-15(24)17-14(21)9-2-4-12-13(7-9)19-25-18-12/h2-7H,1H3,(H2,16,17,21,24). The van der Waals surface area contributed by atoms with Crippen molar-refractivity contribution in [2.45, 2.75) is 6.92 Å². The molecule has 1 aromatic heterocycles. The van der Waals surface area contributed by atoms with Gasteiger partial charge in [-0.2, -0.15) is 8.75 Å². The van der Waals surface area contributed by atoms with E-state index < -0.39 is 4.92 Å². The van der Waals surface area contributed by atoms with Gasteiger partial charge in [0, 0.05) is 23.4 Å². The molecule has 0 unspecified atom stereocenters. The molecule has 0 spiro atoms. The van der Waals surface area contributed by atoms with Gasteiger partial charge < -0.3 is 5.32 Å². The molecule has 2 aromatic carbocycles. The smallest absolute Gasteiger partial charge is 0.269 e. The molecular formula is C15H11N5O3S2. The van der Waals surface area contributed by atoms with Crippen LogP contribution >= 0.6 is 23.9 Å². The summed E-state index contributed by atoms with van der Waals surface area (Å²) in [5.74, 6) is -0.382. The van der Waals surface area contributed by atoms with E-state index in [1.54, 1.807) is 31.2 Å². The first-order valence-electron chi connectivity index (χ1n) is 7.04. The third kappa shape index (κ3) is 3.75. The number of benzene rings is 2. The van der Waals surface area contributed by atoms with Gasteiger partial charge in [-0.05, 0) is 49.0 Å².